The molecular formula is C14H27NO3. The third-order valence-electron chi connectivity index (χ3n) is 3.30. The highest BCUT2D eigenvalue weighted by atomic mass is 16.7. The van der Waals surface area contributed by atoms with Gasteiger partial charge in [-0.05, 0) is 19.3 Å². The largest absolute Gasteiger partial charge is 0.343 e. The van der Waals surface area contributed by atoms with Gasteiger partial charge in [-0.15, -0.1) is 0 Å². The highest BCUT2D eigenvalue weighted by molar-refractivity contribution is 4.72. The molecule has 0 fully saturated rings. The third-order valence-corrected chi connectivity index (χ3v) is 3.30. The lowest BCUT2D eigenvalue weighted by atomic mass is 9.93. The molecular weight excluding hydrogens is 230 g/mol. The van der Waals surface area contributed by atoms with E-state index in [1.54, 1.807) is 0 Å². The van der Waals surface area contributed by atoms with Crippen LogP contribution in [0.15, 0.2) is 0 Å². The van der Waals surface area contributed by atoms with Gasteiger partial charge in [-0.1, -0.05) is 45.4 Å². The molecule has 4 heteroatoms. The normalized spacial score (nSPS) is 13.3. The topological polar surface area (TPSA) is 84.5 Å². The lowest BCUT2D eigenvalue weighted by molar-refractivity contribution is -0.344. The molecule has 1 unspecified atom stereocenters. The Balaban J connectivity index is 3.78. The Morgan fingerprint density at radius 3 is 2.06 bits per heavy atom. The van der Waals surface area contributed by atoms with Gasteiger partial charge in [-0.25, -0.2) is 0 Å². The van der Waals surface area contributed by atoms with Gasteiger partial charge in [0.05, 0.1) is 6.07 Å². The van der Waals surface area contributed by atoms with Crippen molar-refractivity contribution in [2.24, 2.45) is 5.92 Å². The number of nitrogens with zero attached hydrogens (tertiary/aromatic N) is 1. The standard InChI is InChI=1S/C14H27NO3/c1-2-3-4-5-6-7-10-13(14(16,17)18)11-8-9-12-15/h13,16-18H,2-11H2,1H3. The zero-order valence-electron chi connectivity index (χ0n) is 11.4. The maximum atomic E-state index is 9.25. The van der Waals surface area contributed by atoms with Gasteiger partial charge in [0.15, 0.2) is 0 Å². The molecule has 0 amide bonds. The van der Waals surface area contributed by atoms with E-state index in [-0.39, 0.29) is 0 Å². The van der Waals surface area contributed by atoms with Crippen molar-refractivity contribution in [3.63, 3.8) is 0 Å². The summed E-state index contributed by atoms with van der Waals surface area (Å²) in [5.41, 5.74) is 0. The Labute approximate surface area is 110 Å². The molecule has 0 saturated heterocycles. The van der Waals surface area contributed by atoms with Crippen LogP contribution < -0.4 is 0 Å². The van der Waals surface area contributed by atoms with E-state index >= 15 is 0 Å². The van der Waals surface area contributed by atoms with Crippen LogP contribution in [0.4, 0.5) is 0 Å². The van der Waals surface area contributed by atoms with Crippen molar-refractivity contribution in [2.75, 3.05) is 0 Å². The molecule has 3 N–H and O–H groups in total. The minimum absolute atomic E-state index is 0.392. The van der Waals surface area contributed by atoms with Gasteiger partial charge >= 0.3 is 0 Å². The number of rotatable bonds is 11. The quantitative estimate of drug-likeness (QED) is 0.392. The molecule has 0 rings (SSSR count). The van der Waals surface area contributed by atoms with Crippen molar-refractivity contribution >= 4 is 0 Å². The Kier molecular flexibility index (Phi) is 9.95. The first-order valence-electron chi connectivity index (χ1n) is 7.06. The molecule has 0 bridgehead atoms. The number of hydrogen-bond donors (Lipinski definition) is 3. The molecule has 1 atom stereocenters. The lowest BCUT2D eigenvalue weighted by Crippen LogP contribution is -2.37. The first-order valence-corrected chi connectivity index (χ1v) is 7.06. The molecule has 0 aliphatic carbocycles. The molecule has 0 radical (unpaired) electrons. The van der Waals surface area contributed by atoms with Crippen LogP contribution in [0.3, 0.4) is 0 Å². The van der Waals surface area contributed by atoms with Gasteiger partial charge in [0.25, 0.3) is 5.97 Å². The second-order valence-electron chi connectivity index (χ2n) is 4.99. The Bertz CT molecular complexity index is 230. The molecule has 0 aliphatic heterocycles. The summed E-state index contributed by atoms with van der Waals surface area (Å²) in [6, 6.07) is 2.02. The van der Waals surface area contributed by atoms with Gasteiger partial charge in [-0.2, -0.15) is 5.26 Å². The second-order valence-corrected chi connectivity index (χ2v) is 4.99. The van der Waals surface area contributed by atoms with Crippen LogP contribution in [-0.4, -0.2) is 21.3 Å². The van der Waals surface area contributed by atoms with Crippen LogP contribution in [0.25, 0.3) is 0 Å². The van der Waals surface area contributed by atoms with Gasteiger partial charge in [0.1, 0.15) is 0 Å². The fourth-order valence-electron chi connectivity index (χ4n) is 2.13. The smallest absolute Gasteiger partial charge is 0.278 e. The summed E-state index contributed by atoms with van der Waals surface area (Å²) >= 11 is 0. The summed E-state index contributed by atoms with van der Waals surface area (Å²) < 4.78 is 0. The molecule has 0 aromatic carbocycles. The predicted molar refractivity (Wildman–Crippen MR) is 70.3 cm³/mol. The minimum atomic E-state index is -2.60. The average molecular weight is 257 g/mol. The minimum Gasteiger partial charge on any atom is -0.343 e. The molecule has 0 saturated carbocycles. The lowest BCUT2D eigenvalue weighted by Gasteiger charge is -2.25. The van der Waals surface area contributed by atoms with Crippen LogP contribution in [0.5, 0.6) is 0 Å². The predicted octanol–water partition coefficient (Wildman–Crippen LogP) is 2.68. The van der Waals surface area contributed by atoms with Crippen molar-refractivity contribution in [1.29, 1.82) is 5.26 Å². The van der Waals surface area contributed by atoms with E-state index in [9.17, 15) is 15.3 Å². The zero-order valence-corrected chi connectivity index (χ0v) is 11.4. The summed E-state index contributed by atoms with van der Waals surface area (Å²) in [5, 5.41) is 36.2. The Morgan fingerprint density at radius 1 is 0.944 bits per heavy atom. The van der Waals surface area contributed by atoms with Gasteiger partial charge in [0.2, 0.25) is 0 Å². The molecule has 0 aromatic rings. The highest BCUT2D eigenvalue weighted by Gasteiger charge is 2.30. The van der Waals surface area contributed by atoms with E-state index in [0.29, 0.717) is 25.7 Å². The van der Waals surface area contributed by atoms with E-state index < -0.39 is 11.9 Å². The van der Waals surface area contributed by atoms with E-state index in [4.69, 9.17) is 5.26 Å². The first kappa shape index (κ1) is 17.4. The van der Waals surface area contributed by atoms with Crippen LogP contribution in [-0.2, 0) is 0 Å². The summed E-state index contributed by atoms with van der Waals surface area (Å²) in [4.78, 5) is 0. The van der Waals surface area contributed by atoms with Crippen molar-refractivity contribution < 1.29 is 15.3 Å². The summed E-state index contributed by atoms with van der Waals surface area (Å²) in [5.74, 6) is -3.14. The van der Waals surface area contributed by atoms with E-state index in [1.165, 1.54) is 19.3 Å². The molecule has 0 aliphatic rings. The highest BCUT2D eigenvalue weighted by Crippen LogP contribution is 2.25. The second kappa shape index (κ2) is 10.3. The zero-order chi connectivity index (χ0) is 13.9. The Hall–Kier alpha value is -0.630. The monoisotopic (exact) mass is 257 g/mol. The fourth-order valence-corrected chi connectivity index (χ4v) is 2.13. The fraction of sp³-hybridized carbons (Fsp3) is 0.929. The first-order chi connectivity index (χ1) is 8.52. The maximum absolute atomic E-state index is 9.25. The molecule has 4 nitrogen and oxygen atoms in total. The van der Waals surface area contributed by atoms with Crippen molar-refractivity contribution in [3.05, 3.63) is 0 Å². The van der Waals surface area contributed by atoms with Crippen molar-refractivity contribution in [1.82, 2.24) is 0 Å². The number of aliphatic hydroxyl groups is 3. The van der Waals surface area contributed by atoms with Crippen LogP contribution in [0.2, 0.25) is 0 Å². The van der Waals surface area contributed by atoms with E-state index in [0.717, 1.165) is 19.3 Å². The molecule has 106 valence electrons. The summed E-state index contributed by atoms with van der Waals surface area (Å²) in [6.07, 6.45) is 8.86. The van der Waals surface area contributed by atoms with Gasteiger partial charge < -0.3 is 15.3 Å². The van der Waals surface area contributed by atoms with Crippen molar-refractivity contribution in [2.45, 2.75) is 77.1 Å². The molecule has 0 aromatic heterocycles. The number of unbranched alkanes of at least 4 members (excludes halogenated alkanes) is 6. The SMILES string of the molecule is CCCCCCCCC(CCCC#N)C(O)(O)O. The molecule has 0 heterocycles. The van der Waals surface area contributed by atoms with Crippen LogP contribution >= 0.6 is 0 Å². The number of hydrogen-bond acceptors (Lipinski definition) is 4. The average Bonchev–Trinajstić information content (AvgIpc) is 2.30. The summed E-state index contributed by atoms with van der Waals surface area (Å²) in [6.45, 7) is 2.17. The van der Waals surface area contributed by atoms with Crippen LogP contribution in [0, 0.1) is 17.2 Å². The Morgan fingerprint density at radius 2 is 1.50 bits per heavy atom. The molecule has 18 heavy (non-hydrogen) atoms. The van der Waals surface area contributed by atoms with Gasteiger partial charge in [0, 0.05) is 12.3 Å². The van der Waals surface area contributed by atoms with Crippen LogP contribution in [0.1, 0.15) is 71.1 Å². The summed E-state index contributed by atoms with van der Waals surface area (Å²) in [7, 11) is 0. The van der Waals surface area contributed by atoms with E-state index in [1.807, 2.05) is 6.07 Å². The van der Waals surface area contributed by atoms with E-state index in [2.05, 4.69) is 6.92 Å². The number of nitriles is 1. The molecule has 0 spiro atoms. The third kappa shape index (κ3) is 9.41. The maximum Gasteiger partial charge on any atom is 0.278 e. The van der Waals surface area contributed by atoms with Crippen molar-refractivity contribution in [3.8, 4) is 6.07 Å². The van der Waals surface area contributed by atoms with Gasteiger partial charge in [-0.3, -0.25) is 0 Å².